The van der Waals surface area contributed by atoms with E-state index in [4.69, 9.17) is 5.73 Å². The number of hydrogen-bond acceptors (Lipinski definition) is 3. The summed E-state index contributed by atoms with van der Waals surface area (Å²) >= 11 is 0. The second kappa shape index (κ2) is 5.65. The summed E-state index contributed by atoms with van der Waals surface area (Å²) in [7, 11) is 0. The average Bonchev–Trinajstić information content (AvgIpc) is 2.41. The van der Waals surface area contributed by atoms with Gasteiger partial charge in [-0.2, -0.15) is 0 Å². The zero-order valence-corrected chi connectivity index (χ0v) is 10.5. The van der Waals surface area contributed by atoms with E-state index in [1.807, 2.05) is 24.3 Å². The van der Waals surface area contributed by atoms with Gasteiger partial charge in [-0.25, -0.2) is 0 Å². The Labute approximate surface area is 107 Å². The summed E-state index contributed by atoms with van der Waals surface area (Å²) in [5.74, 6) is 0. The van der Waals surface area contributed by atoms with E-state index in [0.717, 1.165) is 17.5 Å². The second-order valence-corrected chi connectivity index (χ2v) is 4.35. The Morgan fingerprint density at radius 3 is 2.72 bits per heavy atom. The second-order valence-electron chi connectivity index (χ2n) is 4.35. The van der Waals surface area contributed by atoms with E-state index >= 15 is 0 Å². The Kier molecular flexibility index (Phi) is 3.95. The number of aliphatic hydroxyl groups excluding tert-OH is 1. The van der Waals surface area contributed by atoms with Crippen molar-refractivity contribution in [3.05, 3.63) is 59.4 Å². The molecule has 3 heteroatoms. The zero-order chi connectivity index (χ0) is 13.0. The maximum Gasteiger partial charge on any atom is 0.0834 e. The normalized spacial score (nSPS) is 12.3. The first-order valence-electron chi connectivity index (χ1n) is 6.16. The highest BCUT2D eigenvalue weighted by Crippen LogP contribution is 2.24. The van der Waals surface area contributed by atoms with E-state index in [9.17, 15) is 5.11 Å². The van der Waals surface area contributed by atoms with Crippen molar-refractivity contribution < 1.29 is 5.11 Å². The molecule has 2 aromatic rings. The highest BCUT2D eigenvalue weighted by molar-refractivity contribution is 5.45. The van der Waals surface area contributed by atoms with Crippen molar-refractivity contribution in [3.63, 3.8) is 0 Å². The summed E-state index contributed by atoms with van der Waals surface area (Å²) in [4.78, 5) is 4.04. The van der Waals surface area contributed by atoms with E-state index in [1.54, 1.807) is 18.5 Å². The van der Waals surface area contributed by atoms with Crippen molar-refractivity contribution in [1.29, 1.82) is 0 Å². The lowest BCUT2D eigenvalue weighted by Crippen LogP contribution is -2.07. The summed E-state index contributed by atoms with van der Waals surface area (Å²) < 4.78 is 0. The number of aryl methyl sites for hydroxylation is 1. The molecule has 94 valence electrons. The third-order valence-corrected chi connectivity index (χ3v) is 3.15. The first-order chi connectivity index (χ1) is 8.72. The molecular weight excluding hydrogens is 224 g/mol. The first kappa shape index (κ1) is 12.6. The summed E-state index contributed by atoms with van der Waals surface area (Å²) in [6, 6.07) is 9.72. The van der Waals surface area contributed by atoms with Crippen LogP contribution in [0.3, 0.4) is 0 Å². The number of nitrogen functional groups attached to an aromatic ring is 1. The van der Waals surface area contributed by atoms with Gasteiger partial charge in [0.15, 0.2) is 0 Å². The van der Waals surface area contributed by atoms with Crippen LogP contribution in [-0.4, -0.2) is 10.1 Å². The van der Waals surface area contributed by atoms with Crippen molar-refractivity contribution in [2.24, 2.45) is 0 Å². The minimum atomic E-state index is -0.535. The molecule has 0 fully saturated rings. The summed E-state index contributed by atoms with van der Waals surface area (Å²) in [5, 5.41) is 10.3. The van der Waals surface area contributed by atoms with Crippen LogP contribution in [0.4, 0.5) is 5.69 Å². The zero-order valence-electron chi connectivity index (χ0n) is 10.5. The lowest BCUT2D eigenvalue weighted by molar-refractivity contribution is 0.177. The van der Waals surface area contributed by atoms with Gasteiger partial charge < -0.3 is 10.8 Å². The molecule has 0 saturated heterocycles. The summed E-state index contributed by atoms with van der Waals surface area (Å²) in [5.41, 5.74) is 9.58. The van der Waals surface area contributed by atoms with Crippen LogP contribution < -0.4 is 5.73 Å². The minimum Gasteiger partial charge on any atom is -0.398 e. The molecule has 1 aromatic heterocycles. The van der Waals surface area contributed by atoms with Gasteiger partial charge >= 0.3 is 0 Å². The predicted molar refractivity (Wildman–Crippen MR) is 73.1 cm³/mol. The average molecular weight is 242 g/mol. The quantitative estimate of drug-likeness (QED) is 0.866. The van der Waals surface area contributed by atoms with E-state index in [2.05, 4.69) is 11.9 Å². The monoisotopic (exact) mass is 242 g/mol. The maximum atomic E-state index is 10.3. The molecule has 0 spiro atoms. The van der Waals surface area contributed by atoms with Crippen molar-refractivity contribution in [2.45, 2.75) is 25.9 Å². The fourth-order valence-electron chi connectivity index (χ4n) is 2.11. The lowest BCUT2D eigenvalue weighted by atomic mass is 9.96. The van der Waals surface area contributed by atoms with Crippen LogP contribution in [0.5, 0.6) is 0 Å². The van der Waals surface area contributed by atoms with Crippen LogP contribution in [0.2, 0.25) is 0 Å². The van der Waals surface area contributed by atoms with Crippen molar-refractivity contribution in [1.82, 2.24) is 4.98 Å². The number of hydrogen-bond donors (Lipinski definition) is 2. The van der Waals surface area contributed by atoms with Gasteiger partial charge in [-0.15, -0.1) is 0 Å². The van der Waals surface area contributed by atoms with Crippen LogP contribution >= 0.6 is 0 Å². The fourth-order valence-corrected chi connectivity index (χ4v) is 2.11. The minimum absolute atomic E-state index is 0.497. The molecule has 0 aliphatic heterocycles. The molecule has 1 aromatic carbocycles. The van der Waals surface area contributed by atoms with Gasteiger partial charge in [0.25, 0.3) is 0 Å². The van der Waals surface area contributed by atoms with Crippen LogP contribution in [0.25, 0.3) is 0 Å². The Bertz CT molecular complexity index is 525. The molecule has 18 heavy (non-hydrogen) atoms. The molecule has 2 rings (SSSR count). The number of anilines is 1. The van der Waals surface area contributed by atoms with Crippen LogP contribution in [0, 0.1) is 0 Å². The van der Waals surface area contributed by atoms with E-state index in [1.165, 1.54) is 5.56 Å². The predicted octanol–water partition coefficient (Wildman–Crippen LogP) is 2.50. The van der Waals surface area contributed by atoms with Gasteiger partial charge in [0.1, 0.15) is 0 Å². The molecule has 3 nitrogen and oxygen atoms in total. The molecule has 1 atom stereocenters. The molecule has 0 aliphatic rings. The Morgan fingerprint density at radius 2 is 2.00 bits per heavy atom. The number of pyridine rings is 1. The molecule has 0 aliphatic carbocycles. The molecule has 0 amide bonds. The Balaban J connectivity index is 2.22. The van der Waals surface area contributed by atoms with Gasteiger partial charge in [-0.05, 0) is 29.2 Å². The maximum absolute atomic E-state index is 10.3. The number of aliphatic hydroxyl groups is 1. The highest BCUT2D eigenvalue weighted by atomic mass is 16.3. The first-order valence-corrected chi connectivity index (χ1v) is 6.16. The highest BCUT2D eigenvalue weighted by Gasteiger charge is 2.13. The SMILES string of the molecule is CCc1ccccc1C(O)Cc1cnccc1N. The van der Waals surface area contributed by atoms with Crippen LogP contribution in [0.15, 0.2) is 42.7 Å². The number of benzene rings is 1. The molecule has 0 radical (unpaired) electrons. The van der Waals surface area contributed by atoms with Crippen molar-refractivity contribution in [3.8, 4) is 0 Å². The number of nitrogens with two attached hydrogens (primary N) is 1. The van der Waals surface area contributed by atoms with E-state index in [0.29, 0.717) is 12.1 Å². The molecule has 1 unspecified atom stereocenters. The van der Waals surface area contributed by atoms with Crippen LogP contribution in [-0.2, 0) is 12.8 Å². The van der Waals surface area contributed by atoms with E-state index in [-0.39, 0.29) is 0 Å². The fraction of sp³-hybridized carbons (Fsp3) is 0.267. The standard InChI is InChI=1S/C15H18N2O/c1-2-11-5-3-4-6-13(11)15(18)9-12-10-17-8-7-14(12)16/h3-8,10,15,18H,2,9H2,1H3,(H2,16,17). The summed E-state index contributed by atoms with van der Waals surface area (Å²) in [6.07, 6.45) is 4.25. The molecule has 1 heterocycles. The smallest absolute Gasteiger partial charge is 0.0834 e. The van der Waals surface area contributed by atoms with E-state index < -0.39 is 6.10 Å². The van der Waals surface area contributed by atoms with Gasteiger partial charge in [0.05, 0.1) is 6.10 Å². The number of nitrogens with zero attached hydrogens (tertiary/aromatic N) is 1. The Hall–Kier alpha value is -1.87. The number of rotatable bonds is 4. The van der Waals surface area contributed by atoms with Crippen LogP contribution in [0.1, 0.15) is 29.7 Å². The van der Waals surface area contributed by atoms with Gasteiger partial charge in [0, 0.05) is 24.5 Å². The summed E-state index contributed by atoms with van der Waals surface area (Å²) in [6.45, 7) is 2.09. The third kappa shape index (κ3) is 2.68. The molecular formula is C15H18N2O. The van der Waals surface area contributed by atoms with Gasteiger partial charge in [-0.1, -0.05) is 31.2 Å². The molecule has 0 saturated carbocycles. The van der Waals surface area contributed by atoms with Gasteiger partial charge in [0.2, 0.25) is 0 Å². The third-order valence-electron chi connectivity index (χ3n) is 3.15. The topological polar surface area (TPSA) is 59.1 Å². The molecule has 3 N–H and O–H groups in total. The largest absolute Gasteiger partial charge is 0.398 e. The van der Waals surface area contributed by atoms with Crippen molar-refractivity contribution >= 4 is 5.69 Å². The molecule has 0 bridgehead atoms. The van der Waals surface area contributed by atoms with Crippen molar-refractivity contribution in [2.75, 3.05) is 5.73 Å². The van der Waals surface area contributed by atoms with Gasteiger partial charge in [-0.3, -0.25) is 4.98 Å². The Morgan fingerprint density at radius 1 is 1.22 bits per heavy atom. The number of aromatic nitrogens is 1. The lowest BCUT2D eigenvalue weighted by Gasteiger charge is -2.15.